The second-order valence-electron chi connectivity index (χ2n) is 7.43. The first kappa shape index (κ1) is 20.3. The first-order valence-corrected chi connectivity index (χ1v) is 11.2. The zero-order valence-electron chi connectivity index (χ0n) is 16.7. The van der Waals surface area contributed by atoms with Gasteiger partial charge in [0.1, 0.15) is 9.65 Å². The minimum atomic E-state index is -1.09. The van der Waals surface area contributed by atoms with Crippen LogP contribution >= 0.6 is 23.6 Å². The van der Waals surface area contributed by atoms with Crippen molar-refractivity contribution in [2.24, 2.45) is 0 Å². The molecule has 0 atom stereocenters. The third-order valence-electron chi connectivity index (χ3n) is 5.48. The molecule has 6 nitrogen and oxygen atoms in total. The molecule has 4 aromatic rings. The van der Waals surface area contributed by atoms with Crippen molar-refractivity contribution in [2.75, 3.05) is 0 Å². The Morgan fingerprint density at radius 3 is 2.28 bits per heavy atom. The van der Waals surface area contributed by atoms with E-state index < -0.39 is 5.97 Å². The number of rotatable bonds is 4. The van der Waals surface area contributed by atoms with Gasteiger partial charge in [-0.1, -0.05) is 72.9 Å². The second-order valence-corrected chi connectivity index (χ2v) is 8.78. The Balaban J connectivity index is 1.67. The molecule has 0 radical (unpaired) electrons. The van der Waals surface area contributed by atoms with Crippen LogP contribution in [-0.4, -0.2) is 25.6 Å². The SMILES string of the molecule is O=C(O)c1csc(Cn2cc(C3c4ccccc4C=Cc4ccccc43)c(=S)[nH]c2=O)n1. The lowest BCUT2D eigenvalue weighted by Crippen LogP contribution is -2.25. The maximum Gasteiger partial charge on any atom is 0.355 e. The number of aromatic nitrogens is 3. The molecule has 32 heavy (non-hydrogen) atoms. The van der Waals surface area contributed by atoms with Crippen molar-refractivity contribution in [3.05, 3.63) is 114 Å². The minimum Gasteiger partial charge on any atom is -0.476 e. The molecule has 0 unspecified atom stereocenters. The summed E-state index contributed by atoms with van der Waals surface area (Å²) in [6.45, 7) is 0.157. The van der Waals surface area contributed by atoms with Crippen LogP contribution < -0.4 is 5.69 Å². The second kappa shape index (κ2) is 8.14. The summed E-state index contributed by atoms with van der Waals surface area (Å²) >= 11 is 6.81. The summed E-state index contributed by atoms with van der Waals surface area (Å²) in [6, 6.07) is 16.3. The lowest BCUT2D eigenvalue weighted by Gasteiger charge is -2.21. The number of hydrogen-bond acceptors (Lipinski definition) is 5. The first-order chi connectivity index (χ1) is 15.5. The van der Waals surface area contributed by atoms with Gasteiger partial charge in [-0.05, 0) is 22.3 Å². The molecule has 2 aromatic carbocycles. The third-order valence-corrected chi connectivity index (χ3v) is 6.65. The fraction of sp³-hybridized carbons (Fsp3) is 0.0833. The predicted octanol–water partition coefficient (Wildman–Crippen LogP) is 4.77. The summed E-state index contributed by atoms with van der Waals surface area (Å²) in [5.41, 5.74) is 4.79. The molecule has 0 amide bonds. The molecular formula is C24H17N3O3S2. The van der Waals surface area contributed by atoms with E-state index in [-0.39, 0.29) is 23.8 Å². The molecule has 2 N–H and O–H groups in total. The van der Waals surface area contributed by atoms with Gasteiger partial charge in [0.05, 0.1) is 6.54 Å². The molecule has 0 aliphatic heterocycles. The van der Waals surface area contributed by atoms with E-state index in [1.807, 2.05) is 24.3 Å². The van der Waals surface area contributed by atoms with Crippen molar-refractivity contribution in [2.45, 2.75) is 12.5 Å². The average molecular weight is 460 g/mol. The zero-order valence-corrected chi connectivity index (χ0v) is 18.3. The fourth-order valence-corrected chi connectivity index (χ4v) is 5.03. The van der Waals surface area contributed by atoms with Gasteiger partial charge in [-0.15, -0.1) is 11.3 Å². The average Bonchev–Trinajstić information content (AvgIpc) is 3.19. The number of nitrogens with zero attached hydrogens (tertiary/aromatic N) is 2. The van der Waals surface area contributed by atoms with Crippen LogP contribution in [0.25, 0.3) is 12.2 Å². The Morgan fingerprint density at radius 1 is 1.06 bits per heavy atom. The molecule has 0 saturated heterocycles. The van der Waals surface area contributed by atoms with Gasteiger partial charge >= 0.3 is 11.7 Å². The number of carboxylic acids is 1. The van der Waals surface area contributed by atoms with E-state index in [4.69, 9.17) is 17.3 Å². The number of aromatic carboxylic acids is 1. The van der Waals surface area contributed by atoms with Gasteiger partial charge in [0, 0.05) is 23.1 Å². The van der Waals surface area contributed by atoms with Crippen LogP contribution in [0, 0.1) is 4.64 Å². The van der Waals surface area contributed by atoms with E-state index in [1.165, 1.54) is 21.3 Å². The van der Waals surface area contributed by atoms with E-state index in [2.05, 4.69) is 46.4 Å². The van der Waals surface area contributed by atoms with Crippen LogP contribution in [0.4, 0.5) is 0 Å². The summed E-state index contributed by atoms with van der Waals surface area (Å²) in [5.74, 6) is -1.26. The van der Waals surface area contributed by atoms with Gasteiger partial charge < -0.3 is 5.11 Å². The number of aromatic amines is 1. The normalized spacial score (nSPS) is 12.8. The molecule has 0 bridgehead atoms. The van der Waals surface area contributed by atoms with Gasteiger partial charge in [0.15, 0.2) is 5.69 Å². The van der Waals surface area contributed by atoms with E-state index in [9.17, 15) is 9.59 Å². The number of H-pyrrole nitrogens is 1. The standard InChI is InChI=1S/C24H17N3O3S2/c28-23(29)19-13-32-20(25-19)12-27-11-18(22(31)26-24(27)30)21-16-7-3-1-5-14(16)9-10-15-6-2-4-8-17(15)21/h1-11,13,21H,12H2,(H,28,29)(H,26,30,31). The molecule has 2 heterocycles. The molecule has 1 aliphatic carbocycles. The van der Waals surface area contributed by atoms with Crippen molar-refractivity contribution in [3.63, 3.8) is 0 Å². The van der Waals surface area contributed by atoms with Crippen molar-refractivity contribution in [1.29, 1.82) is 0 Å². The minimum absolute atomic E-state index is 0.0279. The van der Waals surface area contributed by atoms with Crippen LogP contribution in [-0.2, 0) is 6.54 Å². The van der Waals surface area contributed by atoms with Crippen LogP contribution in [0.2, 0.25) is 0 Å². The van der Waals surface area contributed by atoms with Crippen LogP contribution in [0.5, 0.6) is 0 Å². The number of carbonyl (C=O) groups is 1. The van der Waals surface area contributed by atoms with Crippen molar-refractivity contribution < 1.29 is 9.90 Å². The van der Waals surface area contributed by atoms with Gasteiger partial charge in [0.25, 0.3) is 0 Å². The quantitative estimate of drug-likeness (QED) is 0.378. The van der Waals surface area contributed by atoms with Gasteiger partial charge in [0.2, 0.25) is 0 Å². The Morgan fingerprint density at radius 2 is 1.69 bits per heavy atom. The van der Waals surface area contributed by atoms with E-state index >= 15 is 0 Å². The fourth-order valence-electron chi connectivity index (χ4n) is 4.01. The number of benzene rings is 2. The highest BCUT2D eigenvalue weighted by molar-refractivity contribution is 7.71. The van der Waals surface area contributed by atoms with Crippen LogP contribution in [0.15, 0.2) is 64.9 Å². The highest BCUT2D eigenvalue weighted by atomic mass is 32.1. The Hall–Kier alpha value is -3.62. The molecule has 1 aliphatic rings. The summed E-state index contributed by atoms with van der Waals surface area (Å²) in [4.78, 5) is 30.7. The predicted molar refractivity (Wildman–Crippen MR) is 127 cm³/mol. The summed E-state index contributed by atoms with van der Waals surface area (Å²) < 4.78 is 1.88. The lowest BCUT2D eigenvalue weighted by atomic mass is 9.83. The first-order valence-electron chi connectivity index (χ1n) is 9.88. The maximum atomic E-state index is 12.7. The van der Waals surface area contributed by atoms with Crippen molar-refractivity contribution >= 4 is 41.7 Å². The molecule has 8 heteroatoms. The van der Waals surface area contributed by atoms with Crippen molar-refractivity contribution in [3.8, 4) is 0 Å². The van der Waals surface area contributed by atoms with E-state index in [0.717, 1.165) is 27.8 Å². The summed E-state index contributed by atoms with van der Waals surface area (Å²) in [7, 11) is 0. The number of hydrogen-bond donors (Lipinski definition) is 2. The van der Waals surface area contributed by atoms with Crippen LogP contribution in [0.1, 0.15) is 49.2 Å². The smallest absolute Gasteiger partial charge is 0.355 e. The third kappa shape index (κ3) is 3.63. The number of carboxylic acid groups (broad SMARTS) is 1. The Bertz CT molecular complexity index is 1450. The number of nitrogens with one attached hydrogen (secondary N) is 1. The Kier molecular flexibility index (Phi) is 5.16. The van der Waals surface area contributed by atoms with Crippen molar-refractivity contribution in [1.82, 2.24) is 14.5 Å². The Labute approximate surface area is 192 Å². The van der Waals surface area contributed by atoms with Gasteiger partial charge in [-0.3, -0.25) is 9.55 Å². The van der Waals surface area contributed by atoms with E-state index in [1.54, 1.807) is 6.20 Å². The molecule has 0 fully saturated rings. The number of fused-ring (bicyclic) bond motifs is 2. The van der Waals surface area contributed by atoms with Crippen LogP contribution in [0.3, 0.4) is 0 Å². The molecule has 0 spiro atoms. The molecule has 158 valence electrons. The largest absolute Gasteiger partial charge is 0.476 e. The summed E-state index contributed by atoms with van der Waals surface area (Å²) in [6.07, 6.45) is 5.96. The molecular weight excluding hydrogens is 442 g/mol. The van der Waals surface area contributed by atoms with Gasteiger partial charge in [-0.25, -0.2) is 14.6 Å². The highest BCUT2D eigenvalue weighted by Gasteiger charge is 2.25. The maximum absolute atomic E-state index is 12.7. The summed E-state index contributed by atoms with van der Waals surface area (Å²) in [5, 5.41) is 11.1. The van der Waals surface area contributed by atoms with E-state index in [0.29, 0.717) is 9.65 Å². The number of thiazole rings is 1. The molecule has 0 saturated carbocycles. The topological polar surface area (TPSA) is 88.0 Å². The highest BCUT2D eigenvalue weighted by Crippen LogP contribution is 2.39. The lowest BCUT2D eigenvalue weighted by molar-refractivity contribution is 0.0691. The monoisotopic (exact) mass is 459 g/mol. The zero-order chi connectivity index (χ0) is 22.2. The van der Waals surface area contributed by atoms with Gasteiger partial charge in [-0.2, -0.15) is 0 Å². The molecule has 2 aromatic heterocycles. The molecule has 5 rings (SSSR count).